The van der Waals surface area contributed by atoms with Crippen molar-refractivity contribution in [3.05, 3.63) is 33.8 Å². The number of aliphatic carboxylic acids is 1. The first kappa shape index (κ1) is 16.7. The lowest BCUT2D eigenvalue weighted by Crippen LogP contribution is -2.47. The van der Waals surface area contributed by atoms with Gasteiger partial charge in [0.1, 0.15) is 0 Å². The molecule has 0 aromatic heterocycles. The highest BCUT2D eigenvalue weighted by Gasteiger charge is 2.31. The predicted octanol–water partition coefficient (Wildman–Crippen LogP) is 0.979. The van der Waals surface area contributed by atoms with Crippen LogP contribution in [0.3, 0.4) is 0 Å². The van der Waals surface area contributed by atoms with Crippen molar-refractivity contribution >= 4 is 35.1 Å². The van der Waals surface area contributed by atoms with Crippen LogP contribution in [0.4, 0.5) is 0 Å². The summed E-state index contributed by atoms with van der Waals surface area (Å²) in [6.07, 6.45) is -1.57. The molecule has 0 saturated heterocycles. The Balaban J connectivity index is 2.75. The third kappa shape index (κ3) is 4.35. The molecule has 0 heterocycles. The van der Waals surface area contributed by atoms with Gasteiger partial charge in [0.15, 0.2) is 11.7 Å². The van der Waals surface area contributed by atoms with Crippen LogP contribution in [0.5, 0.6) is 0 Å². The Labute approximate surface area is 124 Å². The van der Waals surface area contributed by atoms with Gasteiger partial charge in [-0.2, -0.15) is 0 Å². The van der Waals surface area contributed by atoms with E-state index >= 15 is 0 Å². The molecule has 0 aliphatic heterocycles. The molecule has 1 aromatic rings. The van der Waals surface area contributed by atoms with E-state index in [1.54, 1.807) is 0 Å². The highest BCUT2D eigenvalue weighted by molar-refractivity contribution is 6.34. The SMILES string of the molecule is CC(O)(CNC(=O)C(O)c1cc(Cl)cc(Cl)c1)C(=O)O. The zero-order valence-electron chi connectivity index (χ0n) is 10.4. The van der Waals surface area contributed by atoms with Gasteiger partial charge >= 0.3 is 5.97 Å². The number of hydrogen-bond donors (Lipinski definition) is 4. The average Bonchev–Trinajstić information content (AvgIpc) is 2.33. The summed E-state index contributed by atoms with van der Waals surface area (Å²) in [6.45, 7) is 0.477. The van der Waals surface area contributed by atoms with E-state index in [1.807, 2.05) is 0 Å². The number of carboxylic acid groups (broad SMARTS) is 1. The second-order valence-electron chi connectivity index (χ2n) is 4.40. The van der Waals surface area contributed by atoms with E-state index in [9.17, 15) is 19.8 Å². The maximum atomic E-state index is 11.7. The zero-order chi connectivity index (χ0) is 15.5. The number of carbonyl (C=O) groups excluding carboxylic acids is 1. The Bertz CT molecular complexity index is 512. The van der Waals surface area contributed by atoms with E-state index in [4.69, 9.17) is 28.3 Å². The summed E-state index contributed by atoms with van der Waals surface area (Å²) >= 11 is 11.5. The first-order chi connectivity index (χ1) is 9.13. The van der Waals surface area contributed by atoms with Crippen molar-refractivity contribution in [2.75, 3.05) is 6.54 Å². The molecule has 2 unspecified atom stereocenters. The van der Waals surface area contributed by atoms with E-state index in [0.717, 1.165) is 6.92 Å². The van der Waals surface area contributed by atoms with Crippen molar-refractivity contribution in [3.8, 4) is 0 Å². The number of carbonyl (C=O) groups is 2. The molecular formula is C12H13Cl2NO5. The molecule has 0 aliphatic rings. The van der Waals surface area contributed by atoms with Crippen molar-refractivity contribution in [2.45, 2.75) is 18.6 Å². The lowest BCUT2D eigenvalue weighted by atomic mass is 10.1. The summed E-state index contributed by atoms with van der Waals surface area (Å²) in [6, 6.07) is 4.15. The summed E-state index contributed by atoms with van der Waals surface area (Å²) in [5.41, 5.74) is -1.96. The molecule has 1 aromatic carbocycles. The van der Waals surface area contributed by atoms with Gasteiger partial charge < -0.3 is 20.6 Å². The van der Waals surface area contributed by atoms with Crippen LogP contribution in [0.1, 0.15) is 18.6 Å². The molecule has 0 aliphatic carbocycles. The maximum absolute atomic E-state index is 11.7. The average molecular weight is 322 g/mol. The van der Waals surface area contributed by atoms with Gasteiger partial charge in [0, 0.05) is 10.0 Å². The number of halogens is 2. The van der Waals surface area contributed by atoms with Crippen LogP contribution in [0.25, 0.3) is 0 Å². The van der Waals surface area contributed by atoms with Gasteiger partial charge in [-0.3, -0.25) is 4.79 Å². The van der Waals surface area contributed by atoms with Crippen LogP contribution in [-0.2, 0) is 9.59 Å². The third-order valence-electron chi connectivity index (χ3n) is 2.52. The fraction of sp³-hybridized carbons (Fsp3) is 0.333. The molecular weight excluding hydrogens is 309 g/mol. The zero-order valence-corrected chi connectivity index (χ0v) is 11.9. The van der Waals surface area contributed by atoms with Crippen molar-refractivity contribution in [3.63, 3.8) is 0 Å². The Kier molecular flexibility index (Phi) is 5.35. The van der Waals surface area contributed by atoms with Crippen molar-refractivity contribution in [1.82, 2.24) is 5.32 Å². The molecule has 1 amide bonds. The van der Waals surface area contributed by atoms with Crippen LogP contribution in [-0.4, -0.2) is 39.3 Å². The summed E-state index contributed by atoms with van der Waals surface area (Å²) in [5.74, 6) is -2.36. The van der Waals surface area contributed by atoms with Crippen LogP contribution in [0.15, 0.2) is 18.2 Å². The van der Waals surface area contributed by atoms with Gasteiger partial charge in [0.25, 0.3) is 5.91 Å². The Morgan fingerprint density at radius 2 is 1.80 bits per heavy atom. The van der Waals surface area contributed by atoms with E-state index in [0.29, 0.717) is 0 Å². The van der Waals surface area contributed by atoms with Crippen molar-refractivity contribution < 1.29 is 24.9 Å². The van der Waals surface area contributed by atoms with Crippen LogP contribution >= 0.6 is 23.2 Å². The van der Waals surface area contributed by atoms with E-state index in [-0.39, 0.29) is 15.6 Å². The lowest BCUT2D eigenvalue weighted by Gasteiger charge is -2.20. The minimum Gasteiger partial charge on any atom is -0.479 e. The summed E-state index contributed by atoms with van der Waals surface area (Å²) in [4.78, 5) is 22.3. The number of rotatable bonds is 5. The predicted molar refractivity (Wildman–Crippen MR) is 72.7 cm³/mol. The van der Waals surface area contributed by atoms with Gasteiger partial charge in [0.05, 0.1) is 6.54 Å². The number of aliphatic hydroxyl groups is 2. The standard InChI is InChI=1S/C12H13Cl2NO5/c1-12(20,11(18)19)5-15-10(17)9(16)6-2-7(13)4-8(14)3-6/h2-4,9,16,20H,5H2,1H3,(H,15,17)(H,18,19). The minimum atomic E-state index is -2.12. The molecule has 110 valence electrons. The summed E-state index contributed by atoms with van der Waals surface area (Å²) < 4.78 is 0. The Morgan fingerprint density at radius 3 is 2.25 bits per heavy atom. The molecule has 8 heteroatoms. The monoisotopic (exact) mass is 321 g/mol. The number of benzene rings is 1. The number of carboxylic acids is 1. The highest BCUT2D eigenvalue weighted by Crippen LogP contribution is 2.23. The largest absolute Gasteiger partial charge is 0.479 e. The lowest BCUT2D eigenvalue weighted by molar-refractivity contribution is -0.156. The van der Waals surface area contributed by atoms with E-state index in [2.05, 4.69) is 5.32 Å². The van der Waals surface area contributed by atoms with Gasteiger partial charge in [-0.1, -0.05) is 23.2 Å². The smallest absolute Gasteiger partial charge is 0.337 e. The molecule has 0 fully saturated rings. The van der Waals surface area contributed by atoms with Gasteiger partial charge in [-0.15, -0.1) is 0 Å². The third-order valence-corrected chi connectivity index (χ3v) is 2.95. The van der Waals surface area contributed by atoms with E-state index < -0.39 is 30.1 Å². The van der Waals surface area contributed by atoms with Crippen molar-refractivity contribution in [2.24, 2.45) is 0 Å². The quantitative estimate of drug-likeness (QED) is 0.646. The van der Waals surface area contributed by atoms with Gasteiger partial charge in [-0.05, 0) is 30.7 Å². The summed E-state index contributed by atoms with van der Waals surface area (Å²) in [7, 11) is 0. The molecule has 0 bridgehead atoms. The molecule has 6 nitrogen and oxygen atoms in total. The summed E-state index contributed by atoms with van der Waals surface area (Å²) in [5, 5.41) is 30.6. The Hall–Kier alpha value is -1.34. The molecule has 2 atom stereocenters. The van der Waals surface area contributed by atoms with Crippen LogP contribution in [0, 0.1) is 0 Å². The molecule has 0 radical (unpaired) electrons. The minimum absolute atomic E-state index is 0.162. The normalized spacial score (nSPS) is 15.2. The first-order valence-electron chi connectivity index (χ1n) is 5.51. The fourth-order valence-corrected chi connectivity index (χ4v) is 1.86. The van der Waals surface area contributed by atoms with Crippen LogP contribution < -0.4 is 5.32 Å². The maximum Gasteiger partial charge on any atom is 0.337 e. The number of aliphatic hydroxyl groups excluding tert-OH is 1. The first-order valence-corrected chi connectivity index (χ1v) is 6.26. The van der Waals surface area contributed by atoms with Gasteiger partial charge in [-0.25, -0.2) is 4.79 Å². The second-order valence-corrected chi connectivity index (χ2v) is 5.28. The number of nitrogens with one attached hydrogen (secondary N) is 1. The molecule has 1 rings (SSSR count). The van der Waals surface area contributed by atoms with E-state index in [1.165, 1.54) is 18.2 Å². The topological polar surface area (TPSA) is 107 Å². The van der Waals surface area contributed by atoms with Gasteiger partial charge in [0.2, 0.25) is 0 Å². The number of amides is 1. The van der Waals surface area contributed by atoms with Crippen LogP contribution in [0.2, 0.25) is 10.0 Å². The Morgan fingerprint density at radius 1 is 1.30 bits per heavy atom. The number of hydrogen-bond acceptors (Lipinski definition) is 4. The molecule has 4 N–H and O–H groups in total. The fourth-order valence-electron chi connectivity index (χ4n) is 1.32. The molecule has 0 spiro atoms. The van der Waals surface area contributed by atoms with Crippen molar-refractivity contribution in [1.29, 1.82) is 0 Å². The second kappa shape index (κ2) is 6.41. The molecule has 20 heavy (non-hydrogen) atoms. The highest BCUT2D eigenvalue weighted by atomic mass is 35.5. The molecule has 0 saturated carbocycles.